The number of nitrogens with one attached hydrogen (secondary N) is 1. The lowest BCUT2D eigenvalue weighted by molar-refractivity contribution is 0.102. The summed E-state index contributed by atoms with van der Waals surface area (Å²) < 4.78 is 25.1. The number of aromatic nitrogens is 2. The summed E-state index contributed by atoms with van der Waals surface area (Å²) in [7, 11) is -3.16. The van der Waals surface area contributed by atoms with Crippen LogP contribution in [0.4, 0.5) is 5.69 Å². The topological polar surface area (TPSA) is 81.1 Å². The molecule has 3 rings (SSSR count). The Labute approximate surface area is 171 Å². The molecule has 152 valence electrons. The fraction of sp³-hybridized carbons (Fsp3) is 0.273. The van der Waals surface area contributed by atoms with Crippen molar-refractivity contribution in [2.24, 2.45) is 0 Å². The smallest absolute Gasteiger partial charge is 0.255 e. The van der Waals surface area contributed by atoms with Gasteiger partial charge in [-0.05, 0) is 35.4 Å². The summed E-state index contributed by atoms with van der Waals surface area (Å²) in [5.74, 6) is 0.976. The Morgan fingerprint density at radius 1 is 1.10 bits per heavy atom. The van der Waals surface area contributed by atoms with Crippen LogP contribution in [0.2, 0.25) is 0 Å². The number of nitrogens with zero attached hydrogens (tertiary/aromatic N) is 2. The number of imidazole rings is 1. The lowest BCUT2D eigenvalue weighted by atomic mass is 10.1. The zero-order valence-corrected chi connectivity index (χ0v) is 17.6. The number of carbonyl (C=O) groups is 1. The van der Waals surface area contributed by atoms with E-state index in [1.165, 1.54) is 6.26 Å². The summed E-state index contributed by atoms with van der Waals surface area (Å²) in [6, 6.07) is 14.4. The second-order valence-electron chi connectivity index (χ2n) is 7.49. The monoisotopic (exact) mass is 411 g/mol. The van der Waals surface area contributed by atoms with E-state index < -0.39 is 9.84 Å². The van der Waals surface area contributed by atoms with Gasteiger partial charge >= 0.3 is 0 Å². The van der Waals surface area contributed by atoms with E-state index in [1.54, 1.807) is 30.5 Å². The van der Waals surface area contributed by atoms with E-state index in [-0.39, 0.29) is 11.7 Å². The quantitative estimate of drug-likeness (QED) is 0.640. The van der Waals surface area contributed by atoms with Gasteiger partial charge in [-0.1, -0.05) is 38.1 Å². The number of anilines is 1. The van der Waals surface area contributed by atoms with E-state index in [2.05, 4.69) is 28.7 Å². The van der Waals surface area contributed by atoms with Crippen LogP contribution in [0.5, 0.6) is 0 Å². The fourth-order valence-electron chi connectivity index (χ4n) is 3.21. The molecule has 1 aromatic heterocycles. The third kappa shape index (κ3) is 5.77. The molecule has 7 heteroatoms. The van der Waals surface area contributed by atoms with Crippen LogP contribution in [-0.2, 0) is 22.1 Å². The Hall–Kier alpha value is -2.93. The number of benzene rings is 2. The molecule has 0 saturated heterocycles. The molecule has 1 heterocycles. The van der Waals surface area contributed by atoms with E-state index in [4.69, 9.17) is 0 Å². The number of hydrogen-bond donors (Lipinski definition) is 1. The zero-order chi connectivity index (χ0) is 21.0. The van der Waals surface area contributed by atoms with Crippen LogP contribution in [0.1, 0.15) is 47.1 Å². The van der Waals surface area contributed by atoms with Crippen molar-refractivity contribution in [3.05, 3.63) is 83.4 Å². The van der Waals surface area contributed by atoms with Gasteiger partial charge in [0, 0.05) is 42.4 Å². The van der Waals surface area contributed by atoms with Gasteiger partial charge in [-0.15, -0.1) is 0 Å². The third-order valence-corrected chi connectivity index (χ3v) is 5.28. The highest BCUT2D eigenvalue weighted by Crippen LogP contribution is 2.17. The van der Waals surface area contributed by atoms with Gasteiger partial charge in [-0.2, -0.15) is 0 Å². The molecule has 0 aliphatic carbocycles. The molecule has 0 fully saturated rings. The first-order valence-corrected chi connectivity index (χ1v) is 11.5. The highest BCUT2D eigenvalue weighted by atomic mass is 32.2. The van der Waals surface area contributed by atoms with Crippen molar-refractivity contribution >= 4 is 21.4 Å². The molecule has 0 bridgehead atoms. The predicted molar refractivity (Wildman–Crippen MR) is 115 cm³/mol. The molecule has 0 unspecified atom stereocenters. The van der Waals surface area contributed by atoms with Crippen molar-refractivity contribution in [3.8, 4) is 0 Å². The highest BCUT2D eigenvalue weighted by molar-refractivity contribution is 7.89. The maximum Gasteiger partial charge on any atom is 0.255 e. The Morgan fingerprint density at radius 2 is 1.83 bits per heavy atom. The Bertz CT molecular complexity index is 1120. The molecule has 1 amide bonds. The largest absolute Gasteiger partial charge is 0.330 e. The Kier molecular flexibility index (Phi) is 6.17. The van der Waals surface area contributed by atoms with Crippen molar-refractivity contribution in [2.75, 3.05) is 11.6 Å². The van der Waals surface area contributed by atoms with Gasteiger partial charge in [0.2, 0.25) is 0 Å². The van der Waals surface area contributed by atoms with Crippen LogP contribution in [0.25, 0.3) is 0 Å². The number of rotatable bonds is 7. The number of carbonyl (C=O) groups excluding carboxylic acids is 1. The molecule has 2 aromatic carbocycles. The minimum absolute atomic E-state index is 0.0906. The lowest BCUT2D eigenvalue weighted by Gasteiger charge is -2.12. The molecule has 0 aliphatic heterocycles. The van der Waals surface area contributed by atoms with Crippen molar-refractivity contribution in [1.29, 1.82) is 0 Å². The zero-order valence-electron chi connectivity index (χ0n) is 16.8. The van der Waals surface area contributed by atoms with Gasteiger partial charge in [0.1, 0.15) is 5.82 Å². The van der Waals surface area contributed by atoms with Gasteiger partial charge in [0.15, 0.2) is 9.84 Å². The molecule has 6 nitrogen and oxygen atoms in total. The van der Waals surface area contributed by atoms with Gasteiger partial charge in [0.05, 0.1) is 5.75 Å². The van der Waals surface area contributed by atoms with Crippen molar-refractivity contribution in [2.45, 2.75) is 32.1 Å². The molecular formula is C22H25N3O3S. The van der Waals surface area contributed by atoms with Crippen molar-refractivity contribution in [3.63, 3.8) is 0 Å². The van der Waals surface area contributed by atoms with E-state index >= 15 is 0 Å². The highest BCUT2D eigenvalue weighted by Gasteiger charge is 2.11. The maximum atomic E-state index is 12.6. The first-order valence-electron chi connectivity index (χ1n) is 9.39. The minimum Gasteiger partial charge on any atom is -0.330 e. The molecule has 0 spiro atoms. The Balaban J connectivity index is 1.74. The van der Waals surface area contributed by atoms with Crippen LogP contribution in [0.3, 0.4) is 0 Å². The van der Waals surface area contributed by atoms with E-state index in [0.717, 1.165) is 11.4 Å². The Morgan fingerprint density at radius 3 is 2.55 bits per heavy atom. The average molecular weight is 412 g/mol. The SMILES string of the molecule is CC(C)c1nccn1Cc1cccc(NC(=O)c2cccc(CS(C)(=O)=O)c2)c1. The third-order valence-electron chi connectivity index (χ3n) is 4.42. The number of sulfone groups is 1. The molecule has 29 heavy (non-hydrogen) atoms. The van der Waals surface area contributed by atoms with Gasteiger partial charge in [-0.25, -0.2) is 13.4 Å². The second kappa shape index (κ2) is 8.61. The first-order chi connectivity index (χ1) is 13.7. The van der Waals surface area contributed by atoms with Gasteiger partial charge in [-0.3, -0.25) is 4.79 Å². The molecule has 0 aliphatic rings. The summed E-state index contributed by atoms with van der Waals surface area (Å²) >= 11 is 0. The maximum absolute atomic E-state index is 12.6. The fourth-order valence-corrected chi connectivity index (χ4v) is 3.99. The summed E-state index contributed by atoms with van der Waals surface area (Å²) in [5.41, 5.74) is 2.75. The van der Waals surface area contributed by atoms with Crippen LogP contribution < -0.4 is 5.32 Å². The summed E-state index contributed by atoms with van der Waals surface area (Å²) in [4.78, 5) is 17.0. The van der Waals surface area contributed by atoms with Gasteiger partial charge in [0.25, 0.3) is 5.91 Å². The summed E-state index contributed by atoms with van der Waals surface area (Å²) in [5, 5.41) is 2.89. The van der Waals surface area contributed by atoms with E-state index in [9.17, 15) is 13.2 Å². The molecular weight excluding hydrogens is 386 g/mol. The minimum atomic E-state index is -3.16. The van der Waals surface area contributed by atoms with Crippen LogP contribution >= 0.6 is 0 Å². The second-order valence-corrected chi connectivity index (χ2v) is 9.63. The van der Waals surface area contributed by atoms with Crippen LogP contribution in [-0.4, -0.2) is 30.1 Å². The lowest BCUT2D eigenvalue weighted by Crippen LogP contribution is -2.13. The molecule has 3 aromatic rings. The van der Waals surface area contributed by atoms with Crippen LogP contribution in [0, 0.1) is 0 Å². The molecule has 0 radical (unpaired) electrons. The first kappa shape index (κ1) is 20.8. The van der Waals surface area contributed by atoms with Crippen molar-refractivity contribution < 1.29 is 13.2 Å². The van der Waals surface area contributed by atoms with Crippen molar-refractivity contribution in [1.82, 2.24) is 9.55 Å². The van der Waals surface area contributed by atoms with E-state index in [1.807, 2.05) is 30.5 Å². The normalized spacial score (nSPS) is 11.6. The molecule has 0 saturated carbocycles. The molecule has 0 atom stereocenters. The summed E-state index contributed by atoms with van der Waals surface area (Å²) in [6.45, 7) is 4.88. The molecule has 1 N–H and O–H groups in total. The number of hydrogen-bond acceptors (Lipinski definition) is 4. The van der Waals surface area contributed by atoms with Crippen LogP contribution in [0.15, 0.2) is 60.9 Å². The number of amides is 1. The summed E-state index contributed by atoms with van der Waals surface area (Å²) in [6.07, 6.45) is 4.93. The van der Waals surface area contributed by atoms with Gasteiger partial charge < -0.3 is 9.88 Å². The van der Waals surface area contributed by atoms with E-state index in [0.29, 0.717) is 29.3 Å². The predicted octanol–water partition coefficient (Wildman–Crippen LogP) is 3.85. The average Bonchev–Trinajstić information content (AvgIpc) is 3.09. The standard InChI is InChI=1S/C22H25N3O3S/c1-16(2)21-23-10-11-25(21)14-17-6-5-9-20(13-17)24-22(26)19-8-4-7-18(12-19)15-29(3,27)28/h4-13,16H,14-15H2,1-3H3,(H,24,26).